The second-order valence-corrected chi connectivity index (χ2v) is 4.89. The molecule has 0 saturated carbocycles. The van der Waals surface area contributed by atoms with Gasteiger partial charge in [0, 0.05) is 32.0 Å². The van der Waals surface area contributed by atoms with Gasteiger partial charge in [0.05, 0.1) is 18.3 Å². The van der Waals surface area contributed by atoms with Crippen molar-refractivity contribution in [2.45, 2.75) is 31.3 Å². The van der Waals surface area contributed by atoms with E-state index in [1.807, 2.05) is 12.5 Å². The minimum Gasteiger partial charge on any atom is -0.481 e. The molecule has 1 fully saturated rings. The number of nitrogens with zero attached hydrogens (tertiary/aromatic N) is 2. The van der Waals surface area contributed by atoms with E-state index in [1.165, 1.54) is 0 Å². The van der Waals surface area contributed by atoms with E-state index in [9.17, 15) is 4.79 Å². The molecule has 6 heteroatoms. The molecule has 0 radical (unpaired) electrons. The lowest BCUT2D eigenvalue weighted by molar-refractivity contribution is -0.139. The monoisotopic (exact) mass is 252 g/mol. The summed E-state index contributed by atoms with van der Waals surface area (Å²) in [5.74, 6) is -0.734. The second-order valence-electron chi connectivity index (χ2n) is 4.89. The minimum atomic E-state index is -0.734. The van der Waals surface area contributed by atoms with Gasteiger partial charge >= 0.3 is 5.97 Å². The van der Waals surface area contributed by atoms with Gasteiger partial charge in [0.1, 0.15) is 0 Å². The topological polar surface area (TPSA) is 79.2 Å². The van der Waals surface area contributed by atoms with Crippen LogP contribution in [-0.2, 0) is 11.3 Å². The molecule has 0 bridgehead atoms. The van der Waals surface area contributed by atoms with Crippen LogP contribution in [0.3, 0.4) is 0 Å². The Morgan fingerprint density at radius 3 is 2.89 bits per heavy atom. The first-order chi connectivity index (χ1) is 8.70. The molecule has 1 aromatic rings. The lowest BCUT2D eigenvalue weighted by Crippen LogP contribution is -2.68. The smallest absolute Gasteiger partial charge is 0.305 e. The van der Waals surface area contributed by atoms with Crippen molar-refractivity contribution in [1.82, 2.24) is 20.2 Å². The Morgan fingerprint density at radius 2 is 2.33 bits per heavy atom. The molecule has 2 rings (SSSR count). The fourth-order valence-corrected chi connectivity index (χ4v) is 2.22. The second kappa shape index (κ2) is 5.97. The normalized spacial score (nSPS) is 17.3. The largest absolute Gasteiger partial charge is 0.481 e. The Morgan fingerprint density at radius 1 is 1.50 bits per heavy atom. The molecule has 0 atom stereocenters. The molecule has 1 saturated heterocycles. The van der Waals surface area contributed by atoms with Gasteiger partial charge in [-0.2, -0.15) is 0 Å². The molecule has 0 amide bonds. The maximum Gasteiger partial charge on any atom is 0.305 e. The van der Waals surface area contributed by atoms with Crippen LogP contribution in [0.5, 0.6) is 0 Å². The van der Waals surface area contributed by atoms with E-state index in [-0.39, 0.29) is 12.0 Å². The van der Waals surface area contributed by atoms with E-state index in [0.717, 1.165) is 39.0 Å². The molecular weight excluding hydrogens is 232 g/mol. The van der Waals surface area contributed by atoms with Crippen molar-refractivity contribution in [2.24, 2.45) is 0 Å². The Labute approximate surface area is 106 Å². The van der Waals surface area contributed by atoms with Gasteiger partial charge in [-0.25, -0.2) is 4.98 Å². The van der Waals surface area contributed by atoms with E-state index in [2.05, 4.69) is 20.2 Å². The number of carboxylic acid groups (broad SMARTS) is 1. The summed E-state index contributed by atoms with van der Waals surface area (Å²) < 4.78 is 2.05. The number of imidazole rings is 1. The van der Waals surface area contributed by atoms with Gasteiger partial charge in [-0.05, 0) is 19.4 Å². The number of rotatable bonds is 8. The van der Waals surface area contributed by atoms with Crippen molar-refractivity contribution >= 4 is 5.97 Å². The number of aromatic nitrogens is 2. The molecule has 0 unspecified atom stereocenters. The van der Waals surface area contributed by atoms with Gasteiger partial charge in [0.25, 0.3) is 0 Å². The molecule has 3 N–H and O–H groups in total. The highest BCUT2D eigenvalue weighted by molar-refractivity contribution is 5.68. The third kappa shape index (κ3) is 3.54. The number of carbonyl (C=O) groups is 1. The first kappa shape index (κ1) is 13.0. The maximum absolute atomic E-state index is 10.8. The van der Waals surface area contributed by atoms with E-state index in [4.69, 9.17) is 5.11 Å². The number of aliphatic carboxylic acids is 1. The number of nitrogens with one attached hydrogen (secondary N) is 2. The zero-order chi connectivity index (χ0) is 12.8. The van der Waals surface area contributed by atoms with E-state index in [0.29, 0.717) is 0 Å². The van der Waals surface area contributed by atoms with Crippen LogP contribution in [0.4, 0.5) is 0 Å². The van der Waals surface area contributed by atoms with E-state index in [1.54, 1.807) is 6.20 Å². The molecule has 0 aliphatic carbocycles. The SMILES string of the molecule is O=C(O)CC1(NCCCCn2ccnc2)CNC1. The van der Waals surface area contributed by atoms with Gasteiger partial charge in [-0.15, -0.1) is 0 Å². The summed E-state index contributed by atoms with van der Waals surface area (Å²) in [6, 6.07) is 0. The molecule has 0 aromatic carbocycles. The van der Waals surface area contributed by atoms with Crippen LogP contribution in [0.2, 0.25) is 0 Å². The van der Waals surface area contributed by atoms with Crippen molar-refractivity contribution in [1.29, 1.82) is 0 Å². The van der Waals surface area contributed by atoms with E-state index >= 15 is 0 Å². The Bertz CT molecular complexity index is 373. The Balaban J connectivity index is 1.61. The highest BCUT2D eigenvalue weighted by atomic mass is 16.4. The lowest BCUT2D eigenvalue weighted by Gasteiger charge is -2.42. The third-order valence-electron chi connectivity index (χ3n) is 3.32. The zero-order valence-corrected chi connectivity index (χ0v) is 10.4. The quantitative estimate of drug-likeness (QED) is 0.571. The highest BCUT2D eigenvalue weighted by Crippen LogP contribution is 2.15. The van der Waals surface area contributed by atoms with Gasteiger partial charge in [-0.1, -0.05) is 0 Å². The van der Waals surface area contributed by atoms with Crippen LogP contribution in [0.1, 0.15) is 19.3 Å². The van der Waals surface area contributed by atoms with Gasteiger partial charge in [0.15, 0.2) is 0 Å². The molecule has 1 aromatic heterocycles. The first-order valence-corrected chi connectivity index (χ1v) is 6.33. The standard InChI is InChI=1S/C12H20N4O2/c17-11(18)7-12(8-14-9-12)15-3-1-2-5-16-6-4-13-10-16/h4,6,10,14-15H,1-3,5,7-9H2,(H,17,18). The minimum absolute atomic E-state index is 0.196. The van der Waals surface area contributed by atoms with Crippen molar-refractivity contribution < 1.29 is 9.90 Å². The number of hydrogen-bond acceptors (Lipinski definition) is 4. The van der Waals surface area contributed by atoms with Crippen LogP contribution in [0.15, 0.2) is 18.7 Å². The van der Waals surface area contributed by atoms with Crippen LogP contribution < -0.4 is 10.6 Å². The van der Waals surface area contributed by atoms with Crippen molar-refractivity contribution in [3.63, 3.8) is 0 Å². The third-order valence-corrected chi connectivity index (χ3v) is 3.32. The summed E-state index contributed by atoms with van der Waals surface area (Å²) in [6.07, 6.45) is 7.85. The van der Waals surface area contributed by atoms with Crippen LogP contribution in [0.25, 0.3) is 0 Å². The number of unbranched alkanes of at least 4 members (excludes halogenated alkanes) is 1. The maximum atomic E-state index is 10.8. The van der Waals surface area contributed by atoms with Crippen LogP contribution in [0, 0.1) is 0 Å². The number of aryl methyl sites for hydroxylation is 1. The predicted octanol–water partition coefficient (Wildman–Crippen LogP) is 0.0696. The fourth-order valence-electron chi connectivity index (χ4n) is 2.22. The number of hydrogen-bond donors (Lipinski definition) is 3. The molecule has 6 nitrogen and oxygen atoms in total. The summed E-state index contributed by atoms with van der Waals surface area (Å²) in [7, 11) is 0. The molecule has 1 aliphatic heterocycles. The number of carboxylic acids is 1. The van der Waals surface area contributed by atoms with Gasteiger partial charge in [-0.3, -0.25) is 4.79 Å². The average molecular weight is 252 g/mol. The highest BCUT2D eigenvalue weighted by Gasteiger charge is 2.38. The van der Waals surface area contributed by atoms with Gasteiger partial charge in [0.2, 0.25) is 0 Å². The van der Waals surface area contributed by atoms with E-state index < -0.39 is 5.97 Å². The molecule has 100 valence electrons. The van der Waals surface area contributed by atoms with Crippen molar-refractivity contribution in [3.8, 4) is 0 Å². The van der Waals surface area contributed by atoms with Crippen molar-refractivity contribution in [2.75, 3.05) is 19.6 Å². The molecule has 1 aliphatic rings. The first-order valence-electron chi connectivity index (χ1n) is 6.33. The molecule has 2 heterocycles. The molecular formula is C12H20N4O2. The summed E-state index contributed by atoms with van der Waals surface area (Å²) in [5.41, 5.74) is -0.221. The summed E-state index contributed by atoms with van der Waals surface area (Å²) in [4.78, 5) is 14.8. The average Bonchev–Trinajstić information content (AvgIpc) is 2.77. The molecule has 0 spiro atoms. The fraction of sp³-hybridized carbons (Fsp3) is 0.667. The van der Waals surface area contributed by atoms with Crippen LogP contribution >= 0.6 is 0 Å². The summed E-state index contributed by atoms with van der Waals surface area (Å²) in [5, 5.41) is 15.4. The zero-order valence-electron chi connectivity index (χ0n) is 10.4. The van der Waals surface area contributed by atoms with Crippen LogP contribution in [-0.4, -0.2) is 45.8 Å². The predicted molar refractivity (Wildman–Crippen MR) is 67.3 cm³/mol. The lowest BCUT2D eigenvalue weighted by atomic mass is 9.88. The summed E-state index contributed by atoms with van der Waals surface area (Å²) >= 11 is 0. The Kier molecular flexibility index (Phi) is 4.33. The molecule has 18 heavy (non-hydrogen) atoms. The van der Waals surface area contributed by atoms with Crippen molar-refractivity contribution in [3.05, 3.63) is 18.7 Å². The Hall–Kier alpha value is -1.40. The summed E-state index contributed by atoms with van der Waals surface area (Å²) in [6.45, 7) is 3.33. The van der Waals surface area contributed by atoms with Gasteiger partial charge < -0.3 is 20.3 Å².